The number of amides is 2. The summed E-state index contributed by atoms with van der Waals surface area (Å²) in [4.78, 5) is 35.6. The number of carbonyl (C=O) groups excluding carboxylic acids is 2. The zero-order valence-corrected chi connectivity index (χ0v) is 15.6. The Hall–Kier alpha value is -1.99. The van der Waals surface area contributed by atoms with E-state index in [1.165, 1.54) is 19.1 Å². The smallest absolute Gasteiger partial charge is 0.307 e. The van der Waals surface area contributed by atoms with Gasteiger partial charge in [0.2, 0.25) is 5.91 Å². The van der Waals surface area contributed by atoms with E-state index in [0.717, 1.165) is 12.8 Å². The van der Waals surface area contributed by atoms with E-state index in [-0.39, 0.29) is 10.8 Å². The van der Waals surface area contributed by atoms with Crippen LogP contribution >= 0.6 is 23.2 Å². The van der Waals surface area contributed by atoms with E-state index in [1.807, 2.05) is 0 Å². The molecule has 1 unspecified atom stereocenters. The molecule has 1 saturated carbocycles. The fourth-order valence-electron chi connectivity index (χ4n) is 2.87. The first kappa shape index (κ1) is 20.3. The minimum Gasteiger partial charge on any atom is -0.481 e. The molecule has 0 radical (unpaired) electrons. The predicted octanol–water partition coefficient (Wildman–Crippen LogP) is 2.80. The van der Waals surface area contributed by atoms with Gasteiger partial charge in [-0.15, -0.1) is 0 Å². The molecule has 1 aliphatic rings. The quantitative estimate of drug-likeness (QED) is 0.656. The van der Waals surface area contributed by atoms with Gasteiger partial charge in [-0.05, 0) is 38.0 Å². The summed E-state index contributed by atoms with van der Waals surface area (Å²) >= 11 is 11.8. The molecule has 1 aromatic rings. The average molecular weight is 403 g/mol. The Balaban J connectivity index is 1.88. The summed E-state index contributed by atoms with van der Waals surface area (Å²) in [6.45, 7) is 1.49. The van der Waals surface area contributed by atoms with Crippen LogP contribution in [-0.4, -0.2) is 29.0 Å². The van der Waals surface area contributed by atoms with Crippen molar-refractivity contribution in [3.63, 3.8) is 0 Å². The number of carboxylic acid groups (broad SMARTS) is 1. The zero-order valence-electron chi connectivity index (χ0n) is 14.1. The Morgan fingerprint density at radius 2 is 1.81 bits per heavy atom. The highest BCUT2D eigenvalue weighted by atomic mass is 35.5. The molecule has 0 bridgehead atoms. The van der Waals surface area contributed by atoms with Crippen molar-refractivity contribution < 1.29 is 24.2 Å². The van der Waals surface area contributed by atoms with Crippen LogP contribution in [0.15, 0.2) is 18.2 Å². The number of benzene rings is 1. The van der Waals surface area contributed by atoms with Gasteiger partial charge in [-0.25, -0.2) is 0 Å². The standard InChI is InChI=1S/C17H20Cl2N2O5/c1-9(26-14-7-6-10(18)8-13(14)19)15(22)20-21-16(23)11-4-2-3-5-12(11)17(24)25/h6-9,11-12H,2-5H2,1H3,(H,20,22)(H,21,23)(H,24,25)/t9?,11-,12+/m1/s1. The number of ether oxygens (including phenoxy) is 1. The maximum atomic E-state index is 12.2. The molecule has 0 heterocycles. The Kier molecular flexibility index (Phi) is 7.11. The van der Waals surface area contributed by atoms with Gasteiger partial charge in [0.05, 0.1) is 16.9 Å². The van der Waals surface area contributed by atoms with Crippen LogP contribution in [0.1, 0.15) is 32.6 Å². The normalized spacial score (nSPS) is 20.7. The van der Waals surface area contributed by atoms with Crippen molar-refractivity contribution in [2.75, 3.05) is 0 Å². The van der Waals surface area contributed by atoms with Gasteiger partial charge in [0.15, 0.2) is 6.10 Å². The summed E-state index contributed by atoms with van der Waals surface area (Å²) in [6.07, 6.45) is 1.56. The van der Waals surface area contributed by atoms with E-state index in [9.17, 15) is 19.5 Å². The Bertz CT molecular complexity index is 698. The van der Waals surface area contributed by atoms with Gasteiger partial charge >= 0.3 is 5.97 Å². The number of nitrogens with one attached hydrogen (secondary N) is 2. The SMILES string of the molecule is CC(Oc1ccc(Cl)cc1Cl)C(=O)NNC(=O)[C@@H]1CCCC[C@@H]1C(=O)O. The van der Waals surface area contributed by atoms with Crippen LogP contribution in [0.4, 0.5) is 0 Å². The minimum absolute atomic E-state index is 0.257. The summed E-state index contributed by atoms with van der Waals surface area (Å²) < 4.78 is 5.45. The molecular formula is C17H20Cl2N2O5. The summed E-state index contributed by atoms with van der Waals surface area (Å²) in [6, 6.07) is 4.59. The third-order valence-corrected chi connectivity index (χ3v) is 4.83. The van der Waals surface area contributed by atoms with E-state index in [0.29, 0.717) is 17.9 Å². The Labute approximate surface area is 161 Å². The molecule has 1 fully saturated rings. The highest BCUT2D eigenvalue weighted by Gasteiger charge is 2.36. The Morgan fingerprint density at radius 1 is 1.15 bits per heavy atom. The van der Waals surface area contributed by atoms with Crippen LogP contribution in [-0.2, 0) is 14.4 Å². The van der Waals surface area contributed by atoms with Gasteiger partial charge in [-0.3, -0.25) is 25.2 Å². The fraction of sp³-hybridized carbons (Fsp3) is 0.471. The Morgan fingerprint density at radius 3 is 2.42 bits per heavy atom. The average Bonchev–Trinajstić information content (AvgIpc) is 2.61. The second-order valence-corrected chi connectivity index (χ2v) is 6.99. The molecule has 7 nitrogen and oxygen atoms in total. The van der Waals surface area contributed by atoms with Gasteiger partial charge in [-0.2, -0.15) is 0 Å². The van der Waals surface area contributed by atoms with Crippen LogP contribution in [0.25, 0.3) is 0 Å². The van der Waals surface area contributed by atoms with E-state index in [2.05, 4.69) is 10.9 Å². The molecule has 142 valence electrons. The highest BCUT2D eigenvalue weighted by Crippen LogP contribution is 2.30. The van der Waals surface area contributed by atoms with E-state index < -0.39 is 35.7 Å². The lowest BCUT2D eigenvalue weighted by Gasteiger charge is -2.27. The van der Waals surface area contributed by atoms with Gasteiger partial charge in [0.1, 0.15) is 5.75 Å². The van der Waals surface area contributed by atoms with E-state index >= 15 is 0 Å². The maximum Gasteiger partial charge on any atom is 0.307 e. The molecule has 1 aromatic carbocycles. The fourth-order valence-corrected chi connectivity index (χ4v) is 3.33. The number of carbonyl (C=O) groups is 3. The molecule has 3 atom stereocenters. The predicted molar refractivity (Wildman–Crippen MR) is 95.9 cm³/mol. The molecule has 2 rings (SSSR count). The van der Waals surface area contributed by atoms with Crippen LogP contribution in [0.2, 0.25) is 10.0 Å². The summed E-state index contributed by atoms with van der Waals surface area (Å²) in [7, 11) is 0. The highest BCUT2D eigenvalue weighted by molar-refractivity contribution is 6.35. The number of carboxylic acids is 1. The van der Waals surface area contributed by atoms with Crippen LogP contribution < -0.4 is 15.6 Å². The van der Waals surface area contributed by atoms with Crippen molar-refractivity contribution in [2.24, 2.45) is 11.8 Å². The maximum absolute atomic E-state index is 12.2. The van der Waals surface area contributed by atoms with Crippen molar-refractivity contribution in [1.29, 1.82) is 0 Å². The third-order valence-electron chi connectivity index (χ3n) is 4.30. The van der Waals surface area contributed by atoms with Gasteiger partial charge in [-0.1, -0.05) is 36.0 Å². The molecule has 26 heavy (non-hydrogen) atoms. The molecule has 9 heteroatoms. The summed E-state index contributed by atoms with van der Waals surface area (Å²) in [5.41, 5.74) is 4.56. The molecular weight excluding hydrogens is 383 g/mol. The molecule has 0 aliphatic heterocycles. The summed E-state index contributed by atoms with van der Waals surface area (Å²) in [5, 5.41) is 9.92. The van der Waals surface area contributed by atoms with Crippen molar-refractivity contribution >= 4 is 41.0 Å². The topological polar surface area (TPSA) is 105 Å². The third kappa shape index (κ3) is 5.25. The molecule has 3 N–H and O–H groups in total. The van der Waals surface area contributed by atoms with Crippen LogP contribution in [0, 0.1) is 11.8 Å². The van der Waals surface area contributed by atoms with Crippen molar-refractivity contribution in [3.05, 3.63) is 28.2 Å². The minimum atomic E-state index is -0.995. The largest absolute Gasteiger partial charge is 0.481 e. The lowest BCUT2D eigenvalue weighted by Crippen LogP contribution is -2.51. The van der Waals surface area contributed by atoms with E-state index in [4.69, 9.17) is 27.9 Å². The number of hydrogen-bond donors (Lipinski definition) is 3. The number of halogens is 2. The van der Waals surface area contributed by atoms with Crippen molar-refractivity contribution in [1.82, 2.24) is 10.9 Å². The second-order valence-electron chi connectivity index (χ2n) is 6.15. The molecule has 0 saturated heterocycles. The first-order valence-electron chi connectivity index (χ1n) is 8.24. The first-order chi connectivity index (χ1) is 12.3. The lowest BCUT2D eigenvalue weighted by molar-refractivity contribution is -0.149. The van der Waals surface area contributed by atoms with Crippen molar-refractivity contribution in [2.45, 2.75) is 38.7 Å². The van der Waals surface area contributed by atoms with Gasteiger partial charge < -0.3 is 9.84 Å². The lowest BCUT2D eigenvalue weighted by atomic mass is 9.79. The van der Waals surface area contributed by atoms with Crippen LogP contribution in [0.5, 0.6) is 5.75 Å². The number of hydrazine groups is 1. The summed E-state index contributed by atoms with van der Waals surface area (Å²) in [5.74, 6) is -3.21. The second kappa shape index (κ2) is 9.09. The zero-order chi connectivity index (χ0) is 19.3. The first-order valence-corrected chi connectivity index (χ1v) is 8.99. The van der Waals surface area contributed by atoms with Gasteiger partial charge in [0.25, 0.3) is 5.91 Å². The molecule has 1 aliphatic carbocycles. The van der Waals surface area contributed by atoms with E-state index in [1.54, 1.807) is 6.07 Å². The number of rotatable bonds is 5. The van der Waals surface area contributed by atoms with Gasteiger partial charge in [0, 0.05) is 5.02 Å². The monoisotopic (exact) mass is 402 g/mol. The molecule has 2 amide bonds. The molecule has 0 aromatic heterocycles. The van der Waals surface area contributed by atoms with Crippen molar-refractivity contribution in [3.8, 4) is 5.75 Å². The molecule has 0 spiro atoms. The van der Waals surface area contributed by atoms with Crippen LogP contribution in [0.3, 0.4) is 0 Å². The number of aliphatic carboxylic acids is 1. The number of hydrogen-bond acceptors (Lipinski definition) is 4.